The van der Waals surface area contributed by atoms with Crippen LogP contribution in [-0.2, 0) is 6.42 Å². The number of pyridine rings is 1. The van der Waals surface area contributed by atoms with E-state index in [0.29, 0.717) is 5.69 Å². The topological polar surface area (TPSA) is 59.1 Å². The number of phenols is 1. The number of hydrogen-bond donors (Lipinski definition) is 2. The number of aryl methyl sites for hydroxylation is 1. The maximum absolute atomic E-state index is 9.30. The van der Waals surface area contributed by atoms with E-state index in [9.17, 15) is 5.11 Å². The van der Waals surface area contributed by atoms with E-state index in [2.05, 4.69) is 4.98 Å². The highest BCUT2D eigenvalue weighted by Crippen LogP contribution is 2.24. The molecule has 0 saturated heterocycles. The number of nitrogen functional groups attached to an aromatic ring is 1. The van der Waals surface area contributed by atoms with E-state index in [-0.39, 0.29) is 5.75 Å². The summed E-state index contributed by atoms with van der Waals surface area (Å²) >= 11 is 0. The van der Waals surface area contributed by atoms with Gasteiger partial charge in [-0.05, 0) is 24.6 Å². The first-order valence-corrected chi connectivity index (χ1v) is 4.59. The molecule has 0 aliphatic carbocycles. The molecule has 1 aromatic carbocycles. The van der Waals surface area contributed by atoms with E-state index in [0.717, 1.165) is 23.0 Å². The minimum Gasteiger partial charge on any atom is -0.508 e. The van der Waals surface area contributed by atoms with E-state index in [1.165, 1.54) is 0 Å². The second-order valence-electron chi connectivity index (χ2n) is 3.26. The molecule has 0 radical (unpaired) electrons. The molecule has 0 fully saturated rings. The quantitative estimate of drug-likeness (QED) is 0.720. The summed E-state index contributed by atoms with van der Waals surface area (Å²) in [6.07, 6.45) is 0.843. The highest BCUT2D eigenvalue weighted by atomic mass is 16.3. The summed E-state index contributed by atoms with van der Waals surface area (Å²) in [6, 6.07) is 6.91. The summed E-state index contributed by atoms with van der Waals surface area (Å²) in [5.74, 6) is 0.220. The molecule has 1 heterocycles. The van der Waals surface area contributed by atoms with Crippen LogP contribution in [0.4, 0.5) is 5.69 Å². The van der Waals surface area contributed by atoms with Gasteiger partial charge in [-0.25, -0.2) is 0 Å². The maximum Gasteiger partial charge on any atom is 0.117 e. The molecule has 3 nitrogen and oxygen atoms in total. The summed E-state index contributed by atoms with van der Waals surface area (Å²) < 4.78 is 0. The summed E-state index contributed by atoms with van der Waals surface area (Å²) in [7, 11) is 0. The zero-order valence-corrected chi connectivity index (χ0v) is 7.99. The van der Waals surface area contributed by atoms with Gasteiger partial charge < -0.3 is 10.8 Å². The molecule has 2 rings (SSSR count). The van der Waals surface area contributed by atoms with Gasteiger partial charge in [0.25, 0.3) is 0 Å². The van der Waals surface area contributed by atoms with Crippen molar-refractivity contribution in [3.63, 3.8) is 0 Å². The Balaban J connectivity index is 2.77. The monoisotopic (exact) mass is 188 g/mol. The molecule has 0 aliphatic heterocycles. The number of aromatic nitrogens is 1. The fourth-order valence-corrected chi connectivity index (χ4v) is 1.48. The van der Waals surface area contributed by atoms with Crippen LogP contribution in [-0.4, -0.2) is 10.1 Å². The van der Waals surface area contributed by atoms with Gasteiger partial charge in [0.05, 0.1) is 5.52 Å². The first-order chi connectivity index (χ1) is 6.70. The molecule has 3 heteroatoms. The Hall–Kier alpha value is -1.77. The molecular weight excluding hydrogens is 176 g/mol. The molecule has 2 aromatic rings. The van der Waals surface area contributed by atoms with Crippen LogP contribution in [0, 0.1) is 0 Å². The molecular formula is C11H12N2O. The molecule has 1 aromatic heterocycles. The summed E-state index contributed by atoms with van der Waals surface area (Å²) in [6.45, 7) is 2.02. The summed E-state index contributed by atoms with van der Waals surface area (Å²) in [4.78, 5) is 4.38. The molecule has 0 bridgehead atoms. The largest absolute Gasteiger partial charge is 0.508 e. The molecule has 14 heavy (non-hydrogen) atoms. The third-order valence-electron chi connectivity index (χ3n) is 2.24. The van der Waals surface area contributed by atoms with E-state index in [1.807, 2.05) is 13.0 Å². The molecule has 0 saturated carbocycles. The number of hydrogen-bond acceptors (Lipinski definition) is 3. The van der Waals surface area contributed by atoms with Crippen LogP contribution in [0.1, 0.15) is 12.6 Å². The second kappa shape index (κ2) is 3.18. The normalized spacial score (nSPS) is 10.6. The first kappa shape index (κ1) is 8.81. The fraction of sp³-hybridized carbons (Fsp3) is 0.182. The van der Waals surface area contributed by atoms with Crippen molar-refractivity contribution in [2.24, 2.45) is 0 Å². The Bertz CT molecular complexity index is 480. The Morgan fingerprint density at radius 3 is 2.86 bits per heavy atom. The first-order valence-electron chi connectivity index (χ1n) is 4.59. The zero-order valence-electron chi connectivity index (χ0n) is 7.99. The lowest BCUT2D eigenvalue weighted by Gasteiger charge is -2.04. The van der Waals surface area contributed by atoms with Crippen molar-refractivity contribution in [3.8, 4) is 5.75 Å². The van der Waals surface area contributed by atoms with Crippen molar-refractivity contribution >= 4 is 16.6 Å². The number of rotatable bonds is 1. The van der Waals surface area contributed by atoms with Crippen molar-refractivity contribution in [1.82, 2.24) is 4.98 Å². The van der Waals surface area contributed by atoms with Gasteiger partial charge in [-0.2, -0.15) is 0 Å². The Morgan fingerprint density at radius 1 is 1.36 bits per heavy atom. The van der Waals surface area contributed by atoms with Gasteiger partial charge in [-0.1, -0.05) is 6.92 Å². The molecule has 72 valence electrons. The smallest absolute Gasteiger partial charge is 0.117 e. The summed E-state index contributed by atoms with van der Waals surface area (Å²) in [5, 5.41) is 10.2. The van der Waals surface area contributed by atoms with Gasteiger partial charge in [0, 0.05) is 22.8 Å². The van der Waals surface area contributed by atoms with Crippen LogP contribution < -0.4 is 5.73 Å². The van der Waals surface area contributed by atoms with Gasteiger partial charge in [0.2, 0.25) is 0 Å². The van der Waals surface area contributed by atoms with Crippen molar-refractivity contribution in [3.05, 3.63) is 30.0 Å². The highest BCUT2D eigenvalue weighted by Gasteiger charge is 2.02. The van der Waals surface area contributed by atoms with Crippen LogP contribution in [0.25, 0.3) is 10.9 Å². The van der Waals surface area contributed by atoms with E-state index < -0.39 is 0 Å². The number of phenolic OH excluding ortho intramolecular Hbond substituents is 1. The summed E-state index contributed by atoms with van der Waals surface area (Å²) in [5.41, 5.74) is 8.27. The Kier molecular flexibility index (Phi) is 2.00. The van der Waals surface area contributed by atoms with Gasteiger partial charge in [-0.15, -0.1) is 0 Å². The van der Waals surface area contributed by atoms with Crippen molar-refractivity contribution in [1.29, 1.82) is 0 Å². The zero-order chi connectivity index (χ0) is 10.1. The molecule has 0 spiro atoms. The minimum absolute atomic E-state index is 0.220. The third kappa shape index (κ3) is 1.37. The van der Waals surface area contributed by atoms with E-state index in [1.54, 1.807) is 18.2 Å². The van der Waals surface area contributed by atoms with Crippen LogP contribution >= 0.6 is 0 Å². The van der Waals surface area contributed by atoms with Gasteiger partial charge in [-0.3, -0.25) is 4.98 Å². The maximum atomic E-state index is 9.30. The van der Waals surface area contributed by atoms with E-state index >= 15 is 0 Å². The van der Waals surface area contributed by atoms with Crippen LogP contribution in [0.5, 0.6) is 5.75 Å². The number of aromatic hydroxyl groups is 1. The lowest BCUT2D eigenvalue weighted by atomic mass is 10.1. The van der Waals surface area contributed by atoms with Crippen LogP contribution in [0.3, 0.4) is 0 Å². The Morgan fingerprint density at radius 2 is 2.14 bits per heavy atom. The average Bonchev–Trinajstić information content (AvgIpc) is 2.16. The predicted molar refractivity (Wildman–Crippen MR) is 57.2 cm³/mol. The minimum atomic E-state index is 0.220. The van der Waals surface area contributed by atoms with Crippen molar-refractivity contribution in [2.45, 2.75) is 13.3 Å². The van der Waals surface area contributed by atoms with E-state index in [4.69, 9.17) is 5.73 Å². The molecule has 0 aliphatic rings. The number of fused-ring (bicyclic) bond motifs is 1. The fourth-order valence-electron chi connectivity index (χ4n) is 1.48. The lowest BCUT2D eigenvalue weighted by Crippen LogP contribution is -1.94. The molecule has 0 unspecified atom stereocenters. The van der Waals surface area contributed by atoms with Crippen molar-refractivity contribution in [2.75, 3.05) is 5.73 Å². The predicted octanol–water partition coefficient (Wildman–Crippen LogP) is 2.08. The standard InChI is InChI=1S/C11H12N2O/c1-2-7-5-10(12)9-4-3-8(14)6-11(9)13-7/h3-6,14H,2H2,1H3,(H2,12,13). The third-order valence-corrected chi connectivity index (χ3v) is 2.24. The Labute approximate surface area is 82.2 Å². The van der Waals surface area contributed by atoms with Gasteiger partial charge >= 0.3 is 0 Å². The number of nitrogens with zero attached hydrogens (tertiary/aromatic N) is 1. The number of nitrogens with two attached hydrogens (primary N) is 1. The molecule has 3 N–H and O–H groups in total. The second-order valence-corrected chi connectivity index (χ2v) is 3.26. The highest BCUT2D eigenvalue weighted by molar-refractivity contribution is 5.91. The molecule has 0 atom stereocenters. The lowest BCUT2D eigenvalue weighted by molar-refractivity contribution is 0.476. The van der Waals surface area contributed by atoms with Crippen molar-refractivity contribution < 1.29 is 5.11 Å². The SMILES string of the molecule is CCc1cc(N)c2ccc(O)cc2n1. The average molecular weight is 188 g/mol. The van der Waals surface area contributed by atoms with Crippen LogP contribution in [0.15, 0.2) is 24.3 Å². The van der Waals surface area contributed by atoms with Gasteiger partial charge in [0.15, 0.2) is 0 Å². The van der Waals surface area contributed by atoms with Crippen LogP contribution in [0.2, 0.25) is 0 Å². The van der Waals surface area contributed by atoms with Gasteiger partial charge in [0.1, 0.15) is 5.75 Å². The number of benzene rings is 1. The number of anilines is 1. The molecule has 0 amide bonds.